The number of hydrogen-bond donors (Lipinski definition) is 0. The van der Waals surface area contributed by atoms with E-state index >= 15 is 0 Å². The van der Waals surface area contributed by atoms with Gasteiger partial charge in [-0.3, -0.25) is 24.0 Å². The summed E-state index contributed by atoms with van der Waals surface area (Å²) >= 11 is 0. The van der Waals surface area contributed by atoms with Crippen molar-refractivity contribution >= 4 is 29.7 Å². The van der Waals surface area contributed by atoms with Gasteiger partial charge in [0, 0.05) is 33.6 Å². The van der Waals surface area contributed by atoms with Crippen LogP contribution >= 0.6 is 0 Å². The number of rotatable bonds is 8. The maximum atomic E-state index is 12.5. The van der Waals surface area contributed by atoms with Crippen LogP contribution < -0.4 is 0 Å². The summed E-state index contributed by atoms with van der Waals surface area (Å²) in [5, 5.41) is 0. The Morgan fingerprint density at radius 1 is 0.783 bits per heavy atom. The molecule has 4 fully saturated rings. The van der Waals surface area contributed by atoms with Gasteiger partial charge in [0.05, 0.1) is 6.10 Å². The standard InChI is InChI=1S/C35H50O11/c1-18(36)26-10-11-27-25-9-8-23-16-24(12-14-34(23,6)28(25)13-15-35(26,27)7)45-33-32(44-22(5)40)31(43-21(4)39)30(42-20(3)38)29(46-33)17-41-19(2)37/h8,24-33H,9-17H2,1-7H3/t24-,25-,26+,27-,28-,29+,30+,31-,32+,33+,34-,35+/m0/s1. The van der Waals surface area contributed by atoms with Crippen molar-refractivity contribution < 1.29 is 52.4 Å². The van der Waals surface area contributed by atoms with Gasteiger partial charge >= 0.3 is 23.9 Å². The maximum absolute atomic E-state index is 12.5. The summed E-state index contributed by atoms with van der Waals surface area (Å²) in [5.41, 5.74) is 1.48. The molecule has 5 aliphatic rings. The number of carbonyl (C=O) groups excluding carboxylic acids is 5. The van der Waals surface area contributed by atoms with E-state index in [4.69, 9.17) is 28.4 Å². The smallest absolute Gasteiger partial charge is 0.303 e. The van der Waals surface area contributed by atoms with Crippen LogP contribution in [0.2, 0.25) is 0 Å². The molecule has 5 rings (SSSR count). The van der Waals surface area contributed by atoms with Gasteiger partial charge in [0.2, 0.25) is 0 Å². The number of Topliss-reactive ketones (excluding diaryl/α,β-unsaturated/α-hetero) is 1. The number of esters is 4. The molecular weight excluding hydrogens is 596 g/mol. The Morgan fingerprint density at radius 2 is 1.43 bits per heavy atom. The maximum Gasteiger partial charge on any atom is 0.303 e. The number of fused-ring (bicyclic) bond motifs is 5. The number of allylic oxidation sites excluding steroid dienone is 1. The van der Waals surface area contributed by atoms with Crippen molar-refractivity contribution in [1.82, 2.24) is 0 Å². The van der Waals surface area contributed by atoms with Gasteiger partial charge in [-0.15, -0.1) is 0 Å². The van der Waals surface area contributed by atoms with Crippen LogP contribution in [-0.4, -0.2) is 73.1 Å². The minimum absolute atomic E-state index is 0.0275. The summed E-state index contributed by atoms with van der Waals surface area (Å²) in [7, 11) is 0. The minimum atomic E-state index is -1.25. The van der Waals surface area contributed by atoms with Crippen LogP contribution in [-0.2, 0) is 52.4 Å². The molecule has 0 aromatic carbocycles. The molecular formula is C35H50O11. The summed E-state index contributed by atoms with van der Waals surface area (Å²) in [6.07, 6.45) is 3.83. The zero-order valence-electron chi connectivity index (χ0n) is 28.2. The van der Waals surface area contributed by atoms with Gasteiger partial charge in [-0.1, -0.05) is 25.5 Å². The molecule has 12 atom stereocenters. The highest BCUT2D eigenvalue weighted by Crippen LogP contribution is 2.66. The molecule has 0 amide bonds. The first-order chi connectivity index (χ1) is 21.6. The Morgan fingerprint density at radius 3 is 2.07 bits per heavy atom. The van der Waals surface area contributed by atoms with Crippen molar-refractivity contribution in [1.29, 1.82) is 0 Å². The molecule has 1 saturated heterocycles. The van der Waals surface area contributed by atoms with Crippen LogP contribution in [0.5, 0.6) is 0 Å². The topological polar surface area (TPSA) is 141 Å². The summed E-state index contributed by atoms with van der Waals surface area (Å²) < 4.78 is 34.7. The monoisotopic (exact) mass is 646 g/mol. The first-order valence-corrected chi connectivity index (χ1v) is 16.8. The Balaban J connectivity index is 1.37. The van der Waals surface area contributed by atoms with Crippen LogP contribution in [0.25, 0.3) is 0 Å². The predicted molar refractivity (Wildman–Crippen MR) is 163 cm³/mol. The summed E-state index contributed by atoms with van der Waals surface area (Å²) in [5.74, 6) is -0.407. The van der Waals surface area contributed by atoms with E-state index in [2.05, 4.69) is 19.9 Å². The van der Waals surface area contributed by atoms with Gasteiger partial charge in [-0.05, 0) is 86.9 Å². The molecule has 0 aromatic heterocycles. The minimum Gasteiger partial charge on any atom is -0.463 e. The molecule has 0 unspecified atom stereocenters. The lowest BCUT2D eigenvalue weighted by molar-refractivity contribution is -0.318. The normalized spacial score (nSPS) is 41.5. The van der Waals surface area contributed by atoms with Crippen molar-refractivity contribution in [3.05, 3.63) is 11.6 Å². The van der Waals surface area contributed by atoms with E-state index in [1.54, 1.807) is 6.92 Å². The fourth-order valence-corrected chi connectivity index (χ4v) is 9.90. The lowest BCUT2D eigenvalue weighted by Crippen LogP contribution is -2.63. The van der Waals surface area contributed by atoms with Crippen LogP contribution in [0.15, 0.2) is 11.6 Å². The molecule has 1 heterocycles. The quantitative estimate of drug-likeness (QED) is 0.207. The van der Waals surface area contributed by atoms with Crippen molar-refractivity contribution in [3.8, 4) is 0 Å². The number of hydrogen-bond acceptors (Lipinski definition) is 11. The zero-order chi connectivity index (χ0) is 33.6. The third-order valence-electron chi connectivity index (χ3n) is 11.8. The van der Waals surface area contributed by atoms with Crippen molar-refractivity contribution in [2.24, 2.45) is 34.5 Å². The zero-order valence-corrected chi connectivity index (χ0v) is 28.2. The molecule has 256 valence electrons. The van der Waals surface area contributed by atoms with E-state index in [1.165, 1.54) is 33.3 Å². The molecule has 11 nitrogen and oxygen atoms in total. The van der Waals surface area contributed by atoms with E-state index in [0.29, 0.717) is 30.0 Å². The molecule has 0 N–H and O–H groups in total. The Kier molecular flexibility index (Phi) is 10.0. The molecule has 46 heavy (non-hydrogen) atoms. The fourth-order valence-electron chi connectivity index (χ4n) is 9.90. The largest absolute Gasteiger partial charge is 0.463 e. The molecule has 1 aliphatic heterocycles. The third kappa shape index (κ3) is 6.64. The molecule has 0 radical (unpaired) electrons. The molecule has 4 aliphatic carbocycles. The Labute approximate surface area is 271 Å². The molecule has 3 saturated carbocycles. The van der Waals surface area contributed by atoms with Crippen LogP contribution in [0.3, 0.4) is 0 Å². The number of carbonyl (C=O) groups is 5. The number of ketones is 1. The summed E-state index contributed by atoms with van der Waals surface area (Å²) in [6, 6.07) is 0. The average molecular weight is 647 g/mol. The second-order valence-electron chi connectivity index (χ2n) is 14.6. The van der Waals surface area contributed by atoms with E-state index in [1.807, 2.05) is 0 Å². The molecule has 0 spiro atoms. The highest BCUT2D eigenvalue weighted by molar-refractivity contribution is 5.79. The third-order valence-corrected chi connectivity index (χ3v) is 11.8. The predicted octanol–water partition coefficient (Wildman–Crippen LogP) is 4.62. The van der Waals surface area contributed by atoms with Gasteiger partial charge in [0.25, 0.3) is 0 Å². The first-order valence-electron chi connectivity index (χ1n) is 16.8. The van der Waals surface area contributed by atoms with Gasteiger partial charge in [-0.25, -0.2) is 0 Å². The lowest BCUT2D eigenvalue weighted by atomic mass is 9.47. The van der Waals surface area contributed by atoms with Crippen LogP contribution in [0.1, 0.15) is 99.8 Å². The second-order valence-corrected chi connectivity index (χ2v) is 14.6. The Bertz CT molecular complexity index is 1260. The van der Waals surface area contributed by atoms with E-state index < -0.39 is 54.6 Å². The van der Waals surface area contributed by atoms with Crippen molar-refractivity contribution in [3.63, 3.8) is 0 Å². The molecule has 11 heteroatoms. The van der Waals surface area contributed by atoms with Crippen LogP contribution in [0, 0.1) is 34.5 Å². The second kappa shape index (κ2) is 13.4. The van der Waals surface area contributed by atoms with Gasteiger partial charge in [0.15, 0.2) is 24.6 Å². The Hall–Kier alpha value is -2.79. The van der Waals surface area contributed by atoms with E-state index in [-0.39, 0.29) is 29.5 Å². The first kappa shape index (κ1) is 34.5. The molecule has 0 aromatic rings. The molecule has 0 bridgehead atoms. The average Bonchev–Trinajstić information content (AvgIpc) is 3.32. The van der Waals surface area contributed by atoms with Gasteiger partial charge in [-0.2, -0.15) is 0 Å². The number of ether oxygens (including phenoxy) is 6. The van der Waals surface area contributed by atoms with E-state index in [0.717, 1.165) is 44.9 Å². The lowest BCUT2D eigenvalue weighted by Gasteiger charge is -2.58. The van der Waals surface area contributed by atoms with Gasteiger partial charge < -0.3 is 28.4 Å². The summed E-state index contributed by atoms with van der Waals surface area (Å²) in [6.45, 7) is 11.1. The SMILES string of the molecule is CC(=O)OC[C@H]1O[C@@H](O[C@H]2CC[C@@]3(C)C(=CC[C@H]4[C@@H]5CC[C@H](C(C)=O)[C@@]5(C)CC[C@@H]43)C2)[C@H](OC(C)=O)[C@@H](OC(C)=O)[C@@H]1OC(C)=O. The van der Waals surface area contributed by atoms with Gasteiger partial charge in [0.1, 0.15) is 18.5 Å². The highest BCUT2D eigenvalue weighted by atomic mass is 16.7. The fraction of sp³-hybridized carbons (Fsp3) is 0.800. The van der Waals surface area contributed by atoms with Crippen molar-refractivity contribution in [2.75, 3.05) is 6.61 Å². The van der Waals surface area contributed by atoms with Crippen LogP contribution in [0.4, 0.5) is 0 Å². The van der Waals surface area contributed by atoms with E-state index in [9.17, 15) is 24.0 Å². The van der Waals surface area contributed by atoms with Crippen molar-refractivity contribution in [2.45, 2.75) is 137 Å². The highest BCUT2D eigenvalue weighted by Gasteiger charge is 2.60. The summed E-state index contributed by atoms with van der Waals surface area (Å²) in [4.78, 5) is 60.7.